The molecule has 0 fully saturated rings. The zero-order chi connectivity index (χ0) is 18.0. The Morgan fingerprint density at radius 3 is 1.50 bits per heavy atom. The van der Waals surface area contributed by atoms with E-state index >= 15 is 0 Å². The second kappa shape index (κ2) is 16.9. The lowest BCUT2D eigenvalue weighted by molar-refractivity contribution is -0.129. The first kappa shape index (κ1) is 23.0. The van der Waals surface area contributed by atoms with Gasteiger partial charge in [-0.25, -0.2) is 0 Å². The van der Waals surface area contributed by atoms with Crippen LogP contribution in [0, 0.1) is 5.92 Å². The Balaban J connectivity index is 3.40. The van der Waals surface area contributed by atoms with Crippen molar-refractivity contribution in [3.8, 4) is 0 Å². The van der Waals surface area contributed by atoms with E-state index in [0.29, 0.717) is 12.8 Å². The lowest BCUT2D eigenvalue weighted by Crippen LogP contribution is -2.24. The molecule has 3 heteroatoms. The molecule has 0 aliphatic rings. The number of ketones is 2. The van der Waals surface area contributed by atoms with Crippen molar-refractivity contribution >= 4 is 17.9 Å². The van der Waals surface area contributed by atoms with Crippen LogP contribution in [0.4, 0.5) is 0 Å². The number of unbranched alkanes of at least 4 members (excludes halogenated alkanes) is 12. The molecule has 1 atom stereocenters. The van der Waals surface area contributed by atoms with Crippen LogP contribution in [0.25, 0.3) is 0 Å². The smallest absolute Gasteiger partial charge is 0.272 e. The molecule has 0 saturated carbocycles. The van der Waals surface area contributed by atoms with Gasteiger partial charge in [0.05, 0.1) is 5.92 Å². The van der Waals surface area contributed by atoms with E-state index in [9.17, 15) is 14.4 Å². The maximum atomic E-state index is 11.9. The summed E-state index contributed by atoms with van der Waals surface area (Å²) in [7, 11) is 0. The summed E-state index contributed by atoms with van der Waals surface area (Å²) in [5.74, 6) is -1.52. The van der Waals surface area contributed by atoms with Gasteiger partial charge in [0, 0.05) is 6.42 Å². The molecule has 1 unspecified atom stereocenters. The summed E-state index contributed by atoms with van der Waals surface area (Å²) in [5.41, 5.74) is 0. The van der Waals surface area contributed by atoms with Gasteiger partial charge in [0.1, 0.15) is 5.78 Å². The third-order valence-electron chi connectivity index (χ3n) is 4.74. The van der Waals surface area contributed by atoms with Gasteiger partial charge in [-0.1, -0.05) is 90.9 Å². The fourth-order valence-electron chi connectivity index (χ4n) is 3.12. The van der Waals surface area contributed by atoms with Crippen LogP contribution in [0.15, 0.2) is 0 Å². The average Bonchev–Trinajstić information content (AvgIpc) is 2.59. The van der Waals surface area contributed by atoms with Gasteiger partial charge in [0.2, 0.25) is 5.78 Å². The highest BCUT2D eigenvalue weighted by Gasteiger charge is 2.23. The number of carbonyl (C=O) groups excluding carboxylic acids is 3. The number of carbonyl (C=O) groups is 2. The normalized spacial score (nSPS) is 12.1. The van der Waals surface area contributed by atoms with Gasteiger partial charge in [-0.05, 0) is 12.8 Å². The molecule has 0 aliphatic heterocycles. The maximum absolute atomic E-state index is 11.9. The molecule has 3 nitrogen and oxygen atoms in total. The predicted molar refractivity (Wildman–Crippen MR) is 99.8 cm³/mol. The van der Waals surface area contributed by atoms with Crippen molar-refractivity contribution in [1.82, 2.24) is 0 Å². The second-order valence-electron chi connectivity index (χ2n) is 6.89. The van der Waals surface area contributed by atoms with Crippen molar-refractivity contribution in [2.45, 2.75) is 110 Å². The van der Waals surface area contributed by atoms with Crippen molar-refractivity contribution in [2.24, 2.45) is 5.92 Å². The van der Waals surface area contributed by atoms with E-state index in [-0.39, 0.29) is 5.78 Å². The molecule has 0 rings (SSSR count). The van der Waals surface area contributed by atoms with Gasteiger partial charge in [-0.3, -0.25) is 14.4 Å². The Kier molecular flexibility index (Phi) is 16.2. The van der Waals surface area contributed by atoms with Crippen LogP contribution >= 0.6 is 0 Å². The third kappa shape index (κ3) is 12.4. The summed E-state index contributed by atoms with van der Waals surface area (Å²) in [5, 5.41) is 0. The number of Topliss-reactive ketones (excluding diaryl/α,β-unsaturated/α-hetero) is 2. The summed E-state index contributed by atoms with van der Waals surface area (Å²) in [4.78, 5) is 33.5. The van der Waals surface area contributed by atoms with Gasteiger partial charge >= 0.3 is 0 Å². The van der Waals surface area contributed by atoms with Gasteiger partial charge in [0.25, 0.3) is 6.29 Å². The summed E-state index contributed by atoms with van der Waals surface area (Å²) >= 11 is 0. The van der Waals surface area contributed by atoms with Crippen LogP contribution in [0.5, 0.6) is 0 Å². The van der Waals surface area contributed by atoms with E-state index in [2.05, 4.69) is 6.92 Å². The average molecular weight is 338 g/mol. The van der Waals surface area contributed by atoms with Gasteiger partial charge < -0.3 is 0 Å². The molecular weight excluding hydrogens is 300 g/mol. The SMILES string of the molecule is CCCCCCCCCCCCCCCC(=O)C(CC)C(=O)[C]=O. The van der Waals surface area contributed by atoms with Crippen LogP contribution in [0.2, 0.25) is 0 Å². The minimum atomic E-state index is -0.750. The maximum Gasteiger partial charge on any atom is 0.272 e. The minimum absolute atomic E-state index is 0.0890. The minimum Gasteiger partial charge on any atom is -0.299 e. The van der Waals surface area contributed by atoms with E-state index in [1.54, 1.807) is 6.92 Å². The van der Waals surface area contributed by atoms with Gasteiger partial charge in [-0.2, -0.15) is 0 Å². The van der Waals surface area contributed by atoms with Crippen molar-refractivity contribution in [3.05, 3.63) is 0 Å². The second-order valence-corrected chi connectivity index (χ2v) is 6.89. The molecular formula is C21H37O3. The Bertz CT molecular complexity index is 336. The van der Waals surface area contributed by atoms with Crippen molar-refractivity contribution in [2.75, 3.05) is 0 Å². The molecule has 1 radical (unpaired) electrons. The van der Waals surface area contributed by atoms with Gasteiger partial charge in [-0.15, -0.1) is 0 Å². The van der Waals surface area contributed by atoms with Crippen molar-refractivity contribution in [3.63, 3.8) is 0 Å². The third-order valence-corrected chi connectivity index (χ3v) is 4.74. The van der Waals surface area contributed by atoms with E-state index in [4.69, 9.17) is 0 Å². The predicted octanol–water partition coefficient (Wildman–Crippen LogP) is 5.74. The number of rotatable bonds is 18. The lowest BCUT2D eigenvalue weighted by atomic mass is 9.93. The van der Waals surface area contributed by atoms with E-state index < -0.39 is 11.7 Å². The van der Waals surface area contributed by atoms with E-state index in [0.717, 1.165) is 19.3 Å². The molecule has 0 spiro atoms. The summed E-state index contributed by atoms with van der Waals surface area (Å²) in [6.45, 7) is 4.02. The molecule has 0 bridgehead atoms. The highest BCUT2D eigenvalue weighted by Crippen LogP contribution is 2.15. The van der Waals surface area contributed by atoms with Crippen molar-refractivity contribution in [1.29, 1.82) is 0 Å². The Morgan fingerprint density at radius 1 is 0.708 bits per heavy atom. The lowest BCUT2D eigenvalue weighted by Gasteiger charge is -2.08. The van der Waals surface area contributed by atoms with Gasteiger partial charge in [0.15, 0.2) is 0 Å². The molecule has 0 aromatic rings. The first-order chi connectivity index (χ1) is 11.7. The number of hydrogen-bond donors (Lipinski definition) is 0. The molecule has 0 aromatic heterocycles. The summed E-state index contributed by atoms with van der Waals surface area (Å²) in [6.07, 6.45) is 18.7. The van der Waals surface area contributed by atoms with Crippen LogP contribution in [0.3, 0.4) is 0 Å². The molecule has 24 heavy (non-hydrogen) atoms. The van der Waals surface area contributed by atoms with E-state index in [1.807, 2.05) is 0 Å². The Morgan fingerprint density at radius 2 is 1.12 bits per heavy atom. The van der Waals surface area contributed by atoms with Crippen LogP contribution in [-0.4, -0.2) is 17.9 Å². The summed E-state index contributed by atoms with van der Waals surface area (Å²) in [6, 6.07) is 0. The molecule has 0 aliphatic carbocycles. The Hall–Kier alpha value is -0.990. The summed E-state index contributed by atoms with van der Waals surface area (Å²) < 4.78 is 0. The fraction of sp³-hybridized carbons (Fsp3) is 0.857. The molecule has 0 aromatic carbocycles. The van der Waals surface area contributed by atoms with Crippen LogP contribution in [0.1, 0.15) is 110 Å². The monoisotopic (exact) mass is 337 g/mol. The zero-order valence-electron chi connectivity index (χ0n) is 15.9. The Labute approximate surface area is 149 Å². The standard InChI is InChI=1S/C21H37O3/c1-3-5-6-7-8-9-10-11-12-13-14-15-16-17-20(23)19(4-2)21(24)18-22/h19H,3-17H2,1-2H3. The fourth-order valence-corrected chi connectivity index (χ4v) is 3.12. The first-order valence-electron chi connectivity index (χ1n) is 10.1. The van der Waals surface area contributed by atoms with Crippen LogP contribution < -0.4 is 0 Å². The highest BCUT2D eigenvalue weighted by molar-refractivity contribution is 6.31. The quantitative estimate of drug-likeness (QED) is 0.182. The molecule has 0 saturated heterocycles. The largest absolute Gasteiger partial charge is 0.299 e. The molecule has 139 valence electrons. The molecule has 0 N–H and O–H groups in total. The zero-order valence-corrected chi connectivity index (χ0v) is 15.9. The molecule has 0 heterocycles. The topological polar surface area (TPSA) is 51.2 Å². The van der Waals surface area contributed by atoms with Crippen LogP contribution in [-0.2, 0) is 14.4 Å². The van der Waals surface area contributed by atoms with Crippen molar-refractivity contribution < 1.29 is 14.4 Å². The first-order valence-corrected chi connectivity index (χ1v) is 10.1. The van der Waals surface area contributed by atoms with E-state index in [1.165, 1.54) is 70.5 Å². The highest BCUT2D eigenvalue weighted by atomic mass is 16.2. The number of hydrogen-bond acceptors (Lipinski definition) is 3. The molecule has 0 amide bonds.